The molecular formula is C36H49NO3. The number of amides is 1. The van der Waals surface area contributed by atoms with Crippen molar-refractivity contribution >= 4 is 6.09 Å². The van der Waals surface area contributed by atoms with Gasteiger partial charge in [0.2, 0.25) is 0 Å². The van der Waals surface area contributed by atoms with Crippen molar-refractivity contribution in [1.29, 1.82) is 0 Å². The average Bonchev–Trinajstić information content (AvgIpc) is 2.91. The first-order valence-corrected chi connectivity index (χ1v) is 14.8. The van der Waals surface area contributed by atoms with Crippen molar-refractivity contribution < 1.29 is 14.3 Å². The summed E-state index contributed by atoms with van der Waals surface area (Å²) in [4.78, 5) is 12.5. The van der Waals surface area contributed by atoms with E-state index >= 15 is 0 Å². The van der Waals surface area contributed by atoms with Crippen molar-refractivity contribution in [3.8, 4) is 11.5 Å². The first-order valence-electron chi connectivity index (χ1n) is 14.8. The van der Waals surface area contributed by atoms with Gasteiger partial charge in [0.1, 0.15) is 17.1 Å². The molecule has 0 radical (unpaired) electrons. The molecule has 4 heteroatoms. The van der Waals surface area contributed by atoms with Gasteiger partial charge in [-0.3, -0.25) is 0 Å². The average molecular weight is 544 g/mol. The van der Waals surface area contributed by atoms with Crippen molar-refractivity contribution in [3.63, 3.8) is 0 Å². The molecular weight excluding hydrogens is 494 g/mol. The fraction of sp³-hybridized carbons (Fsp3) is 0.472. The number of ether oxygens (including phenoxy) is 2. The van der Waals surface area contributed by atoms with Gasteiger partial charge >= 0.3 is 6.09 Å². The van der Waals surface area contributed by atoms with Crippen LogP contribution >= 0.6 is 0 Å². The summed E-state index contributed by atoms with van der Waals surface area (Å²) in [5.41, 5.74) is 8.28. The summed E-state index contributed by atoms with van der Waals surface area (Å²) in [6.45, 7) is 15.5. The Bertz CT molecular complexity index is 1230. The van der Waals surface area contributed by atoms with Crippen molar-refractivity contribution in [2.24, 2.45) is 0 Å². The van der Waals surface area contributed by atoms with Gasteiger partial charge in [-0.2, -0.15) is 0 Å². The molecule has 0 saturated carbocycles. The summed E-state index contributed by atoms with van der Waals surface area (Å²) in [6.07, 6.45) is 15.0. The van der Waals surface area contributed by atoms with Crippen LogP contribution in [0.5, 0.6) is 11.5 Å². The lowest BCUT2D eigenvalue weighted by molar-refractivity contribution is 0.0560. The number of aryl methyl sites for hydroxylation is 1. The van der Waals surface area contributed by atoms with Crippen LogP contribution in [0.2, 0.25) is 0 Å². The van der Waals surface area contributed by atoms with E-state index in [4.69, 9.17) is 9.47 Å². The van der Waals surface area contributed by atoms with Gasteiger partial charge in [-0.15, -0.1) is 0 Å². The van der Waals surface area contributed by atoms with Gasteiger partial charge in [0, 0.05) is 6.54 Å². The molecule has 0 saturated heterocycles. The monoisotopic (exact) mass is 543 g/mol. The van der Waals surface area contributed by atoms with Crippen LogP contribution in [0.25, 0.3) is 0 Å². The normalized spacial score (nSPS) is 17.1. The fourth-order valence-electron chi connectivity index (χ4n) is 5.10. The van der Waals surface area contributed by atoms with Gasteiger partial charge in [0.25, 0.3) is 0 Å². The first-order chi connectivity index (χ1) is 19.1. The Morgan fingerprint density at radius 2 is 1.60 bits per heavy atom. The lowest BCUT2D eigenvalue weighted by Crippen LogP contribution is -2.36. The second-order valence-electron chi connectivity index (χ2n) is 11.9. The highest BCUT2D eigenvalue weighted by Crippen LogP contribution is 2.42. The Kier molecular flexibility index (Phi) is 11.7. The van der Waals surface area contributed by atoms with Crippen LogP contribution in [0.1, 0.15) is 102 Å². The predicted molar refractivity (Wildman–Crippen MR) is 167 cm³/mol. The predicted octanol–water partition coefficient (Wildman–Crippen LogP) is 9.88. The summed E-state index contributed by atoms with van der Waals surface area (Å²) >= 11 is 0. The maximum absolute atomic E-state index is 12.5. The van der Waals surface area contributed by atoms with Gasteiger partial charge in [-0.25, -0.2) is 4.79 Å². The summed E-state index contributed by atoms with van der Waals surface area (Å²) in [5, 5.41) is 2.85. The molecule has 1 amide bonds. The molecule has 1 heterocycles. The number of fused-ring (bicyclic) bond motifs is 1. The molecule has 2 aromatic rings. The minimum Gasteiger partial charge on any atom is -0.487 e. The van der Waals surface area contributed by atoms with Crippen molar-refractivity contribution in [2.75, 3.05) is 0 Å². The highest BCUT2D eigenvalue weighted by atomic mass is 16.6. The number of carbonyl (C=O) groups is 1. The zero-order chi connectivity index (χ0) is 29.1. The Morgan fingerprint density at radius 3 is 2.27 bits per heavy atom. The SMILES string of the molecule is CC(C)=CCCC(C)=CCCC(C)=CCCC1(C)CCc2cc(OC(=O)NCc3ccccc3)c(C)c(C)c2O1. The summed E-state index contributed by atoms with van der Waals surface area (Å²) < 4.78 is 12.4. The molecule has 1 aliphatic rings. The molecule has 1 atom stereocenters. The molecule has 0 spiro atoms. The van der Waals surface area contributed by atoms with E-state index in [1.54, 1.807) is 0 Å². The maximum Gasteiger partial charge on any atom is 0.412 e. The Morgan fingerprint density at radius 1 is 0.950 bits per heavy atom. The molecule has 1 unspecified atom stereocenters. The molecule has 0 bridgehead atoms. The minimum atomic E-state index is -0.440. The molecule has 3 rings (SSSR count). The van der Waals surface area contributed by atoms with Crippen LogP contribution in [0.3, 0.4) is 0 Å². The van der Waals surface area contributed by atoms with E-state index in [1.165, 1.54) is 16.7 Å². The van der Waals surface area contributed by atoms with Crippen LogP contribution in [0.15, 0.2) is 71.3 Å². The first kappa shape index (κ1) is 31.3. The van der Waals surface area contributed by atoms with E-state index in [0.29, 0.717) is 12.3 Å². The van der Waals surface area contributed by atoms with Crippen molar-refractivity contribution in [1.82, 2.24) is 5.32 Å². The number of rotatable bonds is 12. The molecule has 2 aromatic carbocycles. The number of carbonyl (C=O) groups excluding carboxylic acids is 1. The van der Waals surface area contributed by atoms with Crippen molar-refractivity contribution in [2.45, 2.75) is 112 Å². The maximum atomic E-state index is 12.5. The summed E-state index contributed by atoms with van der Waals surface area (Å²) in [6, 6.07) is 11.8. The Hall–Kier alpha value is -3.27. The second kappa shape index (κ2) is 14.9. The van der Waals surface area contributed by atoms with Crippen molar-refractivity contribution in [3.05, 3.63) is 93.6 Å². The van der Waals surface area contributed by atoms with E-state index in [-0.39, 0.29) is 5.60 Å². The molecule has 40 heavy (non-hydrogen) atoms. The quantitative estimate of drug-likeness (QED) is 0.271. The highest BCUT2D eigenvalue weighted by Gasteiger charge is 2.33. The third-order valence-corrected chi connectivity index (χ3v) is 7.91. The van der Waals surface area contributed by atoms with E-state index in [2.05, 4.69) is 65.1 Å². The lowest BCUT2D eigenvalue weighted by atomic mass is 9.86. The number of hydrogen-bond donors (Lipinski definition) is 1. The fourth-order valence-corrected chi connectivity index (χ4v) is 5.10. The second-order valence-corrected chi connectivity index (χ2v) is 11.9. The van der Waals surface area contributed by atoms with Gasteiger partial charge in [0.15, 0.2) is 0 Å². The topological polar surface area (TPSA) is 47.6 Å². The molecule has 0 fully saturated rings. The number of allylic oxidation sites excluding steroid dienone is 6. The zero-order valence-corrected chi connectivity index (χ0v) is 25.8. The number of hydrogen-bond acceptors (Lipinski definition) is 3. The van der Waals surface area contributed by atoms with Crippen LogP contribution in [0, 0.1) is 13.8 Å². The van der Waals surface area contributed by atoms with E-state index in [1.807, 2.05) is 43.3 Å². The smallest absolute Gasteiger partial charge is 0.412 e. The van der Waals surface area contributed by atoms with Gasteiger partial charge < -0.3 is 14.8 Å². The number of nitrogens with one attached hydrogen (secondary N) is 1. The molecule has 4 nitrogen and oxygen atoms in total. The third-order valence-electron chi connectivity index (χ3n) is 7.91. The van der Waals surface area contributed by atoms with Gasteiger partial charge in [-0.05, 0) is 128 Å². The summed E-state index contributed by atoms with van der Waals surface area (Å²) in [7, 11) is 0. The zero-order valence-electron chi connectivity index (χ0n) is 25.8. The lowest BCUT2D eigenvalue weighted by Gasteiger charge is -2.37. The van der Waals surface area contributed by atoms with Crippen LogP contribution in [-0.4, -0.2) is 11.7 Å². The molecule has 216 valence electrons. The molecule has 0 aliphatic carbocycles. The minimum absolute atomic E-state index is 0.197. The summed E-state index contributed by atoms with van der Waals surface area (Å²) in [5.74, 6) is 1.56. The standard InChI is InChI=1S/C36H49NO3/c1-26(2)14-11-15-27(3)16-12-17-28(4)18-13-22-36(7)23-21-32-24-33(29(5)30(6)34(32)40-36)39-35(38)37-25-31-19-9-8-10-20-31/h8-10,14,16,18-20,24H,11-13,15,17,21-23,25H2,1-7H3,(H,37,38). The van der Waals surface area contributed by atoms with E-state index in [0.717, 1.165) is 79.4 Å². The van der Waals surface area contributed by atoms with Crippen LogP contribution < -0.4 is 14.8 Å². The Labute approximate surface area is 242 Å². The molecule has 1 aliphatic heterocycles. The van der Waals surface area contributed by atoms with Crippen LogP contribution in [0.4, 0.5) is 4.79 Å². The highest BCUT2D eigenvalue weighted by molar-refractivity contribution is 5.71. The largest absolute Gasteiger partial charge is 0.487 e. The Balaban J connectivity index is 1.51. The van der Waals surface area contributed by atoms with Crippen LogP contribution in [-0.2, 0) is 13.0 Å². The van der Waals surface area contributed by atoms with E-state index in [9.17, 15) is 4.79 Å². The van der Waals surface area contributed by atoms with Gasteiger partial charge in [-0.1, -0.05) is 65.3 Å². The third kappa shape index (κ3) is 9.73. The number of benzene rings is 2. The molecule has 1 N–H and O–H groups in total. The molecule has 0 aromatic heterocycles. The van der Waals surface area contributed by atoms with E-state index < -0.39 is 6.09 Å². The van der Waals surface area contributed by atoms with Gasteiger partial charge in [0.05, 0.1) is 0 Å².